The molecule has 1 heterocycles. The molecule has 0 aromatic carbocycles. The molecule has 0 spiro atoms. The van der Waals surface area contributed by atoms with E-state index in [1.807, 2.05) is 36.9 Å². The molecule has 1 aromatic rings. The zero-order valence-electron chi connectivity index (χ0n) is 13.3. The summed E-state index contributed by atoms with van der Waals surface area (Å²) >= 11 is 0. The van der Waals surface area contributed by atoms with Crippen molar-refractivity contribution in [3.05, 3.63) is 29.6 Å². The molecule has 1 aliphatic rings. The van der Waals surface area contributed by atoms with Crippen molar-refractivity contribution in [1.82, 2.24) is 14.7 Å². The van der Waals surface area contributed by atoms with E-state index in [9.17, 15) is 14.7 Å². The number of amides is 1. The quantitative estimate of drug-likeness (QED) is 0.842. The highest BCUT2D eigenvalue weighted by Gasteiger charge is 2.35. The molecule has 6 heteroatoms. The van der Waals surface area contributed by atoms with Crippen LogP contribution in [-0.4, -0.2) is 38.7 Å². The van der Waals surface area contributed by atoms with Gasteiger partial charge < -0.3 is 10.0 Å². The number of aromatic nitrogens is 2. The molecule has 0 saturated heterocycles. The van der Waals surface area contributed by atoms with E-state index in [1.54, 1.807) is 11.9 Å². The monoisotopic (exact) mass is 305 g/mol. The fourth-order valence-corrected chi connectivity index (χ4v) is 2.85. The van der Waals surface area contributed by atoms with Gasteiger partial charge in [-0.25, -0.2) is 0 Å². The Kier molecular flexibility index (Phi) is 5.00. The van der Waals surface area contributed by atoms with Crippen molar-refractivity contribution < 1.29 is 14.7 Å². The van der Waals surface area contributed by atoms with Gasteiger partial charge in [-0.15, -0.1) is 0 Å². The summed E-state index contributed by atoms with van der Waals surface area (Å²) < 4.78 is 1.84. The zero-order valence-corrected chi connectivity index (χ0v) is 13.3. The second-order valence-corrected chi connectivity index (χ2v) is 5.78. The Morgan fingerprint density at radius 1 is 1.36 bits per heavy atom. The van der Waals surface area contributed by atoms with Crippen LogP contribution in [-0.2, 0) is 22.7 Å². The maximum Gasteiger partial charge on any atom is 0.307 e. The molecule has 0 fully saturated rings. The van der Waals surface area contributed by atoms with Crippen LogP contribution in [0.3, 0.4) is 0 Å². The largest absolute Gasteiger partial charge is 0.481 e. The molecule has 0 unspecified atom stereocenters. The second kappa shape index (κ2) is 6.77. The molecule has 1 amide bonds. The van der Waals surface area contributed by atoms with Gasteiger partial charge in [-0.1, -0.05) is 12.2 Å². The lowest BCUT2D eigenvalue weighted by Gasteiger charge is -2.28. The lowest BCUT2D eigenvalue weighted by atomic mass is 9.82. The lowest BCUT2D eigenvalue weighted by molar-refractivity contribution is -0.150. The van der Waals surface area contributed by atoms with Gasteiger partial charge >= 0.3 is 5.97 Å². The predicted octanol–water partition coefficient (Wildman–Crippen LogP) is 1.84. The van der Waals surface area contributed by atoms with Gasteiger partial charge in [0.05, 0.1) is 17.5 Å². The number of allylic oxidation sites excluding steroid dienone is 2. The molecule has 1 aromatic heterocycles. The number of carbonyl (C=O) groups excluding carboxylic acids is 1. The summed E-state index contributed by atoms with van der Waals surface area (Å²) in [5.41, 5.74) is 1.90. The van der Waals surface area contributed by atoms with E-state index in [0.717, 1.165) is 17.8 Å². The van der Waals surface area contributed by atoms with Crippen molar-refractivity contribution in [2.75, 3.05) is 7.05 Å². The summed E-state index contributed by atoms with van der Waals surface area (Å²) in [4.78, 5) is 25.5. The summed E-state index contributed by atoms with van der Waals surface area (Å²) in [7, 11) is 1.72. The van der Waals surface area contributed by atoms with Crippen molar-refractivity contribution in [2.45, 2.75) is 39.8 Å². The average Bonchev–Trinajstić information content (AvgIpc) is 2.86. The normalized spacial score (nSPS) is 20.9. The minimum absolute atomic E-state index is 0.111. The summed E-state index contributed by atoms with van der Waals surface area (Å²) in [6, 6.07) is 0. The molecular weight excluding hydrogens is 282 g/mol. The molecule has 0 saturated carbocycles. The van der Waals surface area contributed by atoms with Gasteiger partial charge in [0.25, 0.3) is 0 Å². The number of carboxylic acids is 1. The average molecular weight is 305 g/mol. The van der Waals surface area contributed by atoms with Gasteiger partial charge in [-0.2, -0.15) is 5.10 Å². The molecular formula is C16H23N3O3. The first-order chi connectivity index (χ1) is 10.4. The van der Waals surface area contributed by atoms with Crippen LogP contribution >= 0.6 is 0 Å². The maximum absolute atomic E-state index is 12.6. The second-order valence-electron chi connectivity index (χ2n) is 5.78. The number of aliphatic carboxylic acids is 1. The van der Waals surface area contributed by atoms with Crippen molar-refractivity contribution >= 4 is 11.9 Å². The first-order valence-corrected chi connectivity index (χ1v) is 7.59. The SMILES string of the molecule is CCn1cc(CN(C)C(=O)[C@@H]2CC=CC[C@@H]2C(=O)O)c(C)n1. The molecule has 22 heavy (non-hydrogen) atoms. The Morgan fingerprint density at radius 2 is 2.00 bits per heavy atom. The molecule has 6 nitrogen and oxygen atoms in total. The molecule has 120 valence electrons. The minimum atomic E-state index is -0.897. The van der Waals surface area contributed by atoms with Crippen LogP contribution in [0.1, 0.15) is 31.0 Å². The summed E-state index contributed by atoms with van der Waals surface area (Å²) in [6.45, 7) is 5.17. The van der Waals surface area contributed by atoms with Crippen LogP contribution < -0.4 is 0 Å². The van der Waals surface area contributed by atoms with Gasteiger partial charge in [0.2, 0.25) is 5.91 Å². The van der Waals surface area contributed by atoms with Crippen LogP contribution in [0.25, 0.3) is 0 Å². The molecule has 1 N–H and O–H groups in total. The molecule has 1 aliphatic carbocycles. The Hall–Kier alpha value is -2.11. The van der Waals surface area contributed by atoms with Gasteiger partial charge in [-0.05, 0) is 26.7 Å². The first-order valence-electron chi connectivity index (χ1n) is 7.59. The Bertz CT molecular complexity index is 591. The third-order valence-corrected chi connectivity index (χ3v) is 4.22. The van der Waals surface area contributed by atoms with Gasteiger partial charge in [0, 0.05) is 31.9 Å². The topological polar surface area (TPSA) is 75.4 Å². The third-order valence-electron chi connectivity index (χ3n) is 4.22. The number of hydrogen-bond acceptors (Lipinski definition) is 3. The van der Waals surface area contributed by atoms with Crippen LogP contribution in [0.4, 0.5) is 0 Å². The lowest BCUT2D eigenvalue weighted by Crippen LogP contribution is -2.39. The first kappa shape index (κ1) is 16.3. The molecule has 0 bridgehead atoms. The predicted molar refractivity (Wildman–Crippen MR) is 82.1 cm³/mol. The molecule has 0 radical (unpaired) electrons. The van der Waals surface area contributed by atoms with Crippen molar-refractivity contribution in [3.63, 3.8) is 0 Å². The number of carbonyl (C=O) groups is 2. The van der Waals surface area contributed by atoms with Crippen molar-refractivity contribution in [1.29, 1.82) is 0 Å². The number of hydrogen-bond donors (Lipinski definition) is 1. The zero-order chi connectivity index (χ0) is 16.3. The van der Waals surface area contributed by atoms with Gasteiger partial charge in [0.1, 0.15) is 0 Å². The highest BCUT2D eigenvalue weighted by Crippen LogP contribution is 2.28. The highest BCUT2D eigenvalue weighted by molar-refractivity contribution is 5.85. The smallest absolute Gasteiger partial charge is 0.307 e. The van der Waals surface area contributed by atoms with Crippen LogP contribution in [0, 0.1) is 18.8 Å². The maximum atomic E-state index is 12.6. The van der Waals surface area contributed by atoms with Crippen molar-refractivity contribution in [3.8, 4) is 0 Å². The van der Waals surface area contributed by atoms with E-state index >= 15 is 0 Å². The van der Waals surface area contributed by atoms with Crippen molar-refractivity contribution in [2.24, 2.45) is 11.8 Å². The van der Waals surface area contributed by atoms with E-state index in [2.05, 4.69) is 5.10 Å². The number of nitrogens with zero attached hydrogens (tertiary/aromatic N) is 3. The summed E-state index contributed by atoms with van der Waals surface area (Å²) in [6.07, 6.45) is 6.60. The Balaban J connectivity index is 2.09. The van der Waals surface area contributed by atoms with Gasteiger partial charge in [0.15, 0.2) is 0 Å². The molecule has 2 atom stereocenters. The van der Waals surface area contributed by atoms with E-state index in [0.29, 0.717) is 19.4 Å². The summed E-state index contributed by atoms with van der Waals surface area (Å²) in [5.74, 6) is -2.11. The Labute approximate surface area is 130 Å². The van der Waals surface area contributed by atoms with E-state index in [-0.39, 0.29) is 5.91 Å². The number of carboxylic acid groups (broad SMARTS) is 1. The van der Waals surface area contributed by atoms with Crippen LogP contribution in [0.5, 0.6) is 0 Å². The van der Waals surface area contributed by atoms with E-state index in [4.69, 9.17) is 0 Å². The number of aryl methyl sites for hydroxylation is 2. The van der Waals surface area contributed by atoms with Crippen LogP contribution in [0.2, 0.25) is 0 Å². The fraction of sp³-hybridized carbons (Fsp3) is 0.562. The van der Waals surface area contributed by atoms with E-state index in [1.165, 1.54) is 0 Å². The van der Waals surface area contributed by atoms with E-state index < -0.39 is 17.8 Å². The van der Waals surface area contributed by atoms with Crippen LogP contribution in [0.15, 0.2) is 18.3 Å². The standard InChI is InChI=1S/C16H23N3O3/c1-4-19-10-12(11(2)17-19)9-18(3)15(20)13-7-5-6-8-14(13)16(21)22/h5-6,10,13-14H,4,7-9H2,1-3H3,(H,21,22)/t13-,14+/m1/s1. The number of rotatable bonds is 5. The van der Waals surface area contributed by atoms with Gasteiger partial charge in [-0.3, -0.25) is 14.3 Å². The Morgan fingerprint density at radius 3 is 2.55 bits per heavy atom. The fourth-order valence-electron chi connectivity index (χ4n) is 2.85. The highest BCUT2D eigenvalue weighted by atomic mass is 16.4. The molecule has 2 rings (SSSR count). The molecule has 0 aliphatic heterocycles. The minimum Gasteiger partial charge on any atom is -0.481 e. The third kappa shape index (κ3) is 3.37. The summed E-state index contributed by atoms with van der Waals surface area (Å²) in [5, 5.41) is 13.7.